The number of phenolic OH excluding ortho intramolecular Hbond substituents is 1. The van der Waals surface area contributed by atoms with E-state index in [0.29, 0.717) is 24.6 Å². The number of alkyl halides is 1. The maximum absolute atomic E-state index is 12.7. The summed E-state index contributed by atoms with van der Waals surface area (Å²) in [7, 11) is 0. The molecule has 1 aromatic carbocycles. The van der Waals surface area contributed by atoms with Crippen LogP contribution in [0, 0.1) is 20.8 Å². The summed E-state index contributed by atoms with van der Waals surface area (Å²) in [5.41, 5.74) is 2.76. The van der Waals surface area contributed by atoms with Crippen molar-refractivity contribution in [2.75, 3.05) is 12.4 Å². The Balaban J connectivity index is 2.04. The highest BCUT2D eigenvalue weighted by molar-refractivity contribution is 6.17. The lowest BCUT2D eigenvalue weighted by Crippen LogP contribution is -2.51. The van der Waals surface area contributed by atoms with E-state index in [1.807, 2.05) is 27.7 Å². The van der Waals surface area contributed by atoms with Crippen molar-refractivity contribution in [3.05, 3.63) is 22.3 Å². The third kappa shape index (κ3) is 4.22. The van der Waals surface area contributed by atoms with E-state index >= 15 is 0 Å². The number of carbonyl (C=O) groups is 1. The first kappa shape index (κ1) is 19.9. The summed E-state index contributed by atoms with van der Waals surface area (Å²) < 4.78 is 6.18. The molecule has 1 unspecified atom stereocenters. The zero-order valence-corrected chi connectivity index (χ0v) is 16.6. The van der Waals surface area contributed by atoms with Gasteiger partial charge in [-0.1, -0.05) is 12.8 Å². The number of phenols is 1. The standard InChI is InChI=1S/C20H30ClNO3/c1-13-14(2)18-16(15(3)17(13)23)9-10-20(4,25-18)19(24)22-12-8-6-5-7-11-21/h23H,5-12H2,1-4H3,(H,22,24). The summed E-state index contributed by atoms with van der Waals surface area (Å²) in [6.45, 7) is 8.25. The minimum atomic E-state index is -0.857. The van der Waals surface area contributed by atoms with Crippen molar-refractivity contribution in [2.24, 2.45) is 0 Å². The quantitative estimate of drug-likeness (QED) is 0.557. The van der Waals surface area contributed by atoms with Crippen LogP contribution in [0.1, 0.15) is 61.3 Å². The molecule has 0 spiro atoms. The van der Waals surface area contributed by atoms with Gasteiger partial charge >= 0.3 is 0 Å². The molecule has 0 aromatic heterocycles. The minimum Gasteiger partial charge on any atom is -0.507 e. The van der Waals surface area contributed by atoms with E-state index in [2.05, 4.69) is 5.32 Å². The molecule has 0 aliphatic carbocycles. The average molecular weight is 368 g/mol. The molecule has 25 heavy (non-hydrogen) atoms. The lowest BCUT2D eigenvalue weighted by atomic mass is 9.86. The topological polar surface area (TPSA) is 58.6 Å². The Hall–Kier alpha value is -1.42. The first-order chi connectivity index (χ1) is 11.8. The second kappa shape index (κ2) is 8.31. The van der Waals surface area contributed by atoms with Crippen LogP contribution in [0.4, 0.5) is 0 Å². The third-order valence-corrected chi connectivity index (χ3v) is 5.61. The van der Waals surface area contributed by atoms with Crippen LogP contribution in [0.2, 0.25) is 0 Å². The number of hydrogen-bond acceptors (Lipinski definition) is 3. The molecule has 1 aliphatic rings. The molecule has 1 heterocycles. The molecule has 0 bridgehead atoms. The fraction of sp³-hybridized carbons (Fsp3) is 0.650. The van der Waals surface area contributed by atoms with Gasteiger partial charge in [0, 0.05) is 24.4 Å². The molecule has 0 radical (unpaired) electrons. The molecular weight excluding hydrogens is 338 g/mol. The van der Waals surface area contributed by atoms with Crippen molar-refractivity contribution in [3.8, 4) is 11.5 Å². The number of hydrogen-bond donors (Lipinski definition) is 2. The van der Waals surface area contributed by atoms with Gasteiger partial charge in [-0.2, -0.15) is 0 Å². The molecule has 2 rings (SSSR count). The van der Waals surface area contributed by atoms with Gasteiger partial charge in [-0.25, -0.2) is 0 Å². The van der Waals surface area contributed by atoms with E-state index in [1.54, 1.807) is 0 Å². The predicted molar refractivity (Wildman–Crippen MR) is 102 cm³/mol. The molecule has 0 saturated heterocycles. The van der Waals surface area contributed by atoms with Gasteiger partial charge in [0.2, 0.25) is 0 Å². The largest absolute Gasteiger partial charge is 0.507 e. The number of fused-ring (bicyclic) bond motifs is 1. The summed E-state index contributed by atoms with van der Waals surface area (Å²) >= 11 is 5.67. The summed E-state index contributed by atoms with van der Waals surface area (Å²) in [6.07, 6.45) is 5.50. The molecular formula is C20H30ClNO3. The fourth-order valence-electron chi connectivity index (χ4n) is 3.37. The van der Waals surface area contributed by atoms with E-state index in [1.165, 1.54) is 0 Å². The zero-order valence-electron chi connectivity index (χ0n) is 15.8. The molecule has 1 aliphatic heterocycles. The fourth-order valence-corrected chi connectivity index (χ4v) is 3.56. The van der Waals surface area contributed by atoms with Gasteiger partial charge < -0.3 is 15.2 Å². The van der Waals surface area contributed by atoms with Crippen molar-refractivity contribution in [1.82, 2.24) is 5.32 Å². The van der Waals surface area contributed by atoms with Crippen molar-refractivity contribution < 1.29 is 14.6 Å². The van der Waals surface area contributed by atoms with E-state index in [-0.39, 0.29) is 5.91 Å². The molecule has 1 aromatic rings. The first-order valence-corrected chi connectivity index (χ1v) is 9.70. The molecule has 2 N–H and O–H groups in total. The predicted octanol–water partition coefficient (Wildman–Crippen LogP) is 4.32. The Morgan fingerprint density at radius 3 is 2.52 bits per heavy atom. The summed E-state index contributed by atoms with van der Waals surface area (Å²) in [4.78, 5) is 12.7. The van der Waals surface area contributed by atoms with Crippen molar-refractivity contribution in [2.45, 2.75) is 71.8 Å². The highest BCUT2D eigenvalue weighted by atomic mass is 35.5. The number of carbonyl (C=O) groups excluding carboxylic acids is 1. The van der Waals surface area contributed by atoms with E-state index in [0.717, 1.165) is 60.1 Å². The van der Waals surface area contributed by atoms with Gasteiger partial charge in [-0.3, -0.25) is 4.79 Å². The Morgan fingerprint density at radius 2 is 1.84 bits per heavy atom. The lowest BCUT2D eigenvalue weighted by Gasteiger charge is -2.36. The van der Waals surface area contributed by atoms with Crippen molar-refractivity contribution in [1.29, 1.82) is 0 Å². The summed E-state index contributed by atoms with van der Waals surface area (Å²) in [6, 6.07) is 0. The maximum Gasteiger partial charge on any atom is 0.263 e. The molecule has 0 saturated carbocycles. The molecule has 0 fully saturated rings. The highest BCUT2D eigenvalue weighted by Gasteiger charge is 2.40. The van der Waals surface area contributed by atoms with Crippen LogP contribution in [0.5, 0.6) is 11.5 Å². The normalized spacial score (nSPS) is 19.2. The SMILES string of the molecule is Cc1c(C)c2c(c(C)c1O)CCC(C)(C(=O)NCCCCCCCl)O2. The van der Waals surface area contributed by atoms with Gasteiger partial charge in [0.15, 0.2) is 5.60 Å². The number of ether oxygens (including phenoxy) is 1. The van der Waals surface area contributed by atoms with Crippen LogP contribution in [-0.2, 0) is 11.2 Å². The Kier molecular flexibility index (Phi) is 6.61. The highest BCUT2D eigenvalue weighted by Crippen LogP contribution is 2.43. The second-order valence-electron chi connectivity index (χ2n) is 7.22. The van der Waals surface area contributed by atoms with Gasteiger partial charge in [0.25, 0.3) is 5.91 Å². The van der Waals surface area contributed by atoms with Gasteiger partial charge in [0.05, 0.1) is 0 Å². The maximum atomic E-state index is 12.7. The monoisotopic (exact) mass is 367 g/mol. The van der Waals surface area contributed by atoms with E-state index in [4.69, 9.17) is 16.3 Å². The smallest absolute Gasteiger partial charge is 0.263 e. The van der Waals surface area contributed by atoms with Crippen LogP contribution < -0.4 is 10.1 Å². The summed E-state index contributed by atoms with van der Waals surface area (Å²) in [5.74, 6) is 1.74. The first-order valence-electron chi connectivity index (χ1n) is 9.16. The van der Waals surface area contributed by atoms with Crippen LogP contribution in [0.3, 0.4) is 0 Å². The Bertz CT molecular complexity index is 645. The number of halogens is 1. The van der Waals surface area contributed by atoms with Gasteiger partial charge in [0.1, 0.15) is 11.5 Å². The zero-order chi connectivity index (χ0) is 18.6. The second-order valence-corrected chi connectivity index (χ2v) is 7.60. The molecule has 140 valence electrons. The molecule has 1 amide bonds. The van der Waals surface area contributed by atoms with Gasteiger partial charge in [-0.05, 0) is 63.6 Å². The minimum absolute atomic E-state index is 0.0572. The number of unbranched alkanes of at least 4 members (excludes halogenated alkanes) is 3. The summed E-state index contributed by atoms with van der Waals surface area (Å²) in [5, 5.41) is 13.3. The molecule has 1 atom stereocenters. The number of amides is 1. The van der Waals surface area contributed by atoms with Crippen LogP contribution in [-0.4, -0.2) is 29.0 Å². The Morgan fingerprint density at radius 1 is 1.16 bits per heavy atom. The number of aromatic hydroxyl groups is 1. The Labute approximate surface area is 155 Å². The van der Waals surface area contributed by atoms with Crippen LogP contribution in [0.15, 0.2) is 0 Å². The number of benzene rings is 1. The van der Waals surface area contributed by atoms with Crippen molar-refractivity contribution in [3.63, 3.8) is 0 Å². The van der Waals surface area contributed by atoms with Crippen molar-refractivity contribution >= 4 is 17.5 Å². The van der Waals surface area contributed by atoms with Gasteiger partial charge in [-0.15, -0.1) is 11.6 Å². The van der Waals surface area contributed by atoms with E-state index < -0.39 is 5.60 Å². The molecule has 4 nitrogen and oxygen atoms in total. The van der Waals surface area contributed by atoms with Crippen LogP contribution >= 0.6 is 11.6 Å². The van der Waals surface area contributed by atoms with Crippen LogP contribution in [0.25, 0.3) is 0 Å². The van der Waals surface area contributed by atoms with E-state index in [9.17, 15) is 9.90 Å². The number of nitrogens with one attached hydrogen (secondary N) is 1. The third-order valence-electron chi connectivity index (χ3n) is 5.35. The molecule has 5 heteroatoms. The number of rotatable bonds is 7. The average Bonchev–Trinajstić information content (AvgIpc) is 2.60. The lowest BCUT2D eigenvalue weighted by molar-refractivity contribution is -0.136.